The van der Waals surface area contributed by atoms with Crippen LogP contribution in [0, 0.1) is 0 Å². The number of benzene rings is 2. The van der Waals surface area contributed by atoms with Crippen molar-refractivity contribution in [2.45, 2.75) is 62.0 Å². The average Bonchev–Trinajstić information content (AvgIpc) is 3.33. The van der Waals surface area contributed by atoms with Crippen molar-refractivity contribution in [2.24, 2.45) is 0 Å². The Labute approximate surface area is 261 Å². The van der Waals surface area contributed by atoms with Gasteiger partial charge in [0.15, 0.2) is 5.78 Å². The van der Waals surface area contributed by atoms with E-state index < -0.39 is 0 Å². The highest BCUT2D eigenvalue weighted by atomic mass is 127. The summed E-state index contributed by atoms with van der Waals surface area (Å²) in [5.74, 6) is 1.96. The molecule has 0 saturated carbocycles. The second kappa shape index (κ2) is 16.2. The van der Waals surface area contributed by atoms with E-state index in [-0.39, 0.29) is 13.9 Å². The monoisotopic (exact) mass is 760 g/mol. The van der Waals surface area contributed by atoms with Gasteiger partial charge in [0.2, 0.25) is 0 Å². The quantitative estimate of drug-likeness (QED) is 0.0603. The molecule has 3 aromatic rings. The summed E-state index contributed by atoms with van der Waals surface area (Å²) in [6.07, 6.45) is 2.72. The van der Waals surface area contributed by atoms with E-state index in [0.29, 0.717) is 35.8 Å². The van der Waals surface area contributed by atoms with Crippen molar-refractivity contribution in [3.8, 4) is 11.5 Å². The molecule has 214 valence electrons. The Morgan fingerprint density at radius 1 is 0.846 bits per heavy atom. The summed E-state index contributed by atoms with van der Waals surface area (Å²) in [5, 5.41) is 0.852. The highest BCUT2D eigenvalue weighted by molar-refractivity contribution is 14.1. The second-order valence-electron chi connectivity index (χ2n) is 9.46. The van der Waals surface area contributed by atoms with Crippen molar-refractivity contribution in [1.29, 1.82) is 0 Å². The number of rotatable bonds is 17. The van der Waals surface area contributed by atoms with Crippen molar-refractivity contribution in [3.63, 3.8) is 0 Å². The molecule has 0 fully saturated rings. The van der Waals surface area contributed by atoms with Gasteiger partial charge in [-0.2, -0.15) is 0 Å². The van der Waals surface area contributed by atoms with Gasteiger partial charge in [0.25, 0.3) is 0 Å². The molecule has 1 heterocycles. The molecule has 0 aliphatic rings. The summed E-state index contributed by atoms with van der Waals surface area (Å²) >= 11 is 4.84. The number of likely N-dealkylation sites (N-methyl/N-ethyl adjacent to an activating group) is 2. The molecule has 0 saturated heterocycles. The molecular formula is C31H42I2N2O4. The topological polar surface area (TPSA) is 55.1 Å². The lowest BCUT2D eigenvalue weighted by atomic mass is 9.98. The number of para-hydroxylation sites is 1. The first-order chi connectivity index (χ1) is 18.9. The van der Waals surface area contributed by atoms with Gasteiger partial charge in [0.05, 0.1) is 13.7 Å². The van der Waals surface area contributed by atoms with Gasteiger partial charge >= 0.3 is 0 Å². The highest BCUT2D eigenvalue weighted by Gasteiger charge is 2.23. The standard InChI is InChI=1S/C31H42I2N2O4/c1-6-11-15-27-30(25-14-12-13-16-26(25)39-27)31(36)22-17-23(37-20-28(32)34(7-2)8-3)19-24(18-22)38-21-29(33)35(9-4)10-5/h12-14,16-19,28-29H,6-11,15,20-21H2,1-5H3. The number of halogens is 2. The van der Waals surface area contributed by atoms with Crippen LogP contribution in [0.5, 0.6) is 11.5 Å². The zero-order valence-electron chi connectivity index (χ0n) is 23.8. The predicted molar refractivity (Wildman–Crippen MR) is 177 cm³/mol. The fraction of sp³-hybridized carbons (Fsp3) is 0.516. The van der Waals surface area contributed by atoms with Crippen LogP contribution >= 0.6 is 45.2 Å². The number of furan rings is 1. The lowest BCUT2D eigenvalue weighted by Gasteiger charge is -2.25. The van der Waals surface area contributed by atoms with Crippen LogP contribution in [0.4, 0.5) is 0 Å². The van der Waals surface area contributed by atoms with Gasteiger partial charge in [-0.25, -0.2) is 0 Å². The number of carbonyl (C=O) groups is 1. The first-order valence-corrected chi connectivity index (χ1v) is 16.6. The molecule has 0 bridgehead atoms. The van der Waals surface area contributed by atoms with Crippen molar-refractivity contribution in [1.82, 2.24) is 9.80 Å². The first-order valence-electron chi connectivity index (χ1n) is 14.1. The number of aryl methyl sites for hydroxylation is 1. The summed E-state index contributed by atoms with van der Waals surface area (Å²) in [5.41, 5.74) is 1.94. The summed E-state index contributed by atoms with van der Waals surface area (Å²) in [6.45, 7) is 15.6. The van der Waals surface area contributed by atoms with Gasteiger partial charge < -0.3 is 13.9 Å². The predicted octanol–water partition coefficient (Wildman–Crippen LogP) is 7.97. The molecule has 0 spiro atoms. The molecule has 6 nitrogen and oxygen atoms in total. The van der Waals surface area contributed by atoms with Gasteiger partial charge in [-0.05, 0) is 50.8 Å². The van der Waals surface area contributed by atoms with Gasteiger partial charge in [-0.1, -0.05) is 104 Å². The van der Waals surface area contributed by atoms with E-state index in [1.54, 1.807) is 0 Å². The summed E-state index contributed by atoms with van der Waals surface area (Å²) < 4.78 is 19.1. The number of carbonyl (C=O) groups excluding carboxylic acids is 1. The molecule has 2 aromatic carbocycles. The lowest BCUT2D eigenvalue weighted by molar-refractivity contribution is 0.103. The number of hydrogen-bond donors (Lipinski definition) is 0. The smallest absolute Gasteiger partial charge is 0.197 e. The van der Waals surface area contributed by atoms with Crippen LogP contribution in [0.2, 0.25) is 0 Å². The summed E-state index contributed by atoms with van der Waals surface area (Å²) in [4.78, 5) is 18.8. The van der Waals surface area contributed by atoms with Crippen molar-refractivity contribution < 1.29 is 18.7 Å². The van der Waals surface area contributed by atoms with E-state index in [1.807, 2.05) is 42.5 Å². The Morgan fingerprint density at radius 3 is 1.90 bits per heavy atom. The molecule has 2 unspecified atom stereocenters. The van der Waals surface area contributed by atoms with Gasteiger partial charge in [-0.15, -0.1) is 0 Å². The molecule has 8 heteroatoms. The maximum absolute atomic E-state index is 14.1. The van der Waals surface area contributed by atoms with Crippen LogP contribution in [-0.4, -0.2) is 63.1 Å². The molecule has 0 amide bonds. The maximum Gasteiger partial charge on any atom is 0.197 e. The lowest BCUT2D eigenvalue weighted by Crippen LogP contribution is -2.35. The third-order valence-electron chi connectivity index (χ3n) is 6.99. The zero-order chi connectivity index (χ0) is 28.4. The molecule has 0 N–H and O–H groups in total. The van der Waals surface area contributed by atoms with Gasteiger partial charge in [0.1, 0.15) is 36.1 Å². The van der Waals surface area contributed by atoms with E-state index in [1.165, 1.54) is 0 Å². The van der Waals surface area contributed by atoms with Crippen LogP contribution in [0.25, 0.3) is 11.0 Å². The van der Waals surface area contributed by atoms with E-state index in [0.717, 1.165) is 62.2 Å². The van der Waals surface area contributed by atoms with E-state index in [9.17, 15) is 4.79 Å². The van der Waals surface area contributed by atoms with Crippen LogP contribution in [0.1, 0.15) is 69.1 Å². The zero-order valence-corrected chi connectivity index (χ0v) is 28.2. The van der Waals surface area contributed by atoms with Crippen molar-refractivity contribution in [3.05, 3.63) is 59.4 Å². The highest BCUT2D eigenvalue weighted by Crippen LogP contribution is 2.32. The molecule has 3 rings (SSSR count). The Morgan fingerprint density at radius 2 is 1.38 bits per heavy atom. The SMILES string of the molecule is CCCCc1oc2ccccc2c1C(=O)c1cc(OCC(I)N(CC)CC)cc(OCC(I)N(CC)CC)c1. The minimum Gasteiger partial charge on any atom is -0.491 e. The number of ketones is 1. The van der Waals surface area contributed by atoms with Crippen LogP contribution < -0.4 is 9.47 Å². The van der Waals surface area contributed by atoms with Crippen LogP contribution in [-0.2, 0) is 6.42 Å². The third-order valence-corrected chi connectivity index (χ3v) is 9.28. The normalized spacial score (nSPS) is 13.3. The Hall–Kier alpha value is -1.37. The maximum atomic E-state index is 14.1. The van der Waals surface area contributed by atoms with Crippen molar-refractivity contribution in [2.75, 3.05) is 39.4 Å². The Kier molecular flexibility index (Phi) is 13.3. The summed E-state index contributed by atoms with van der Waals surface area (Å²) in [7, 11) is 0. The number of ether oxygens (including phenoxy) is 2. The first kappa shape index (κ1) is 32.1. The fourth-order valence-electron chi connectivity index (χ4n) is 4.65. The second-order valence-corrected chi connectivity index (χ2v) is 12.3. The number of hydrogen-bond acceptors (Lipinski definition) is 6. The third kappa shape index (κ3) is 8.56. The van der Waals surface area contributed by atoms with E-state index in [2.05, 4.69) is 89.6 Å². The molecule has 39 heavy (non-hydrogen) atoms. The van der Waals surface area contributed by atoms with Gasteiger partial charge in [0, 0.05) is 23.4 Å². The van der Waals surface area contributed by atoms with Crippen LogP contribution in [0.3, 0.4) is 0 Å². The molecule has 1 aromatic heterocycles. The Bertz CT molecular complexity index is 1150. The molecule has 2 atom stereocenters. The number of unbranched alkanes of at least 4 members (excludes halogenated alkanes) is 1. The average molecular weight is 760 g/mol. The molecule has 0 aliphatic heterocycles. The van der Waals surface area contributed by atoms with Gasteiger partial charge in [-0.3, -0.25) is 14.6 Å². The van der Waals surface area contributed by atoms with Crippen molar-refractivity contribution >= 4 is 61.9 Å². The summed E-state index contributed by atoms with van der Waals surface area (Å²) in [6, 6.07) is 13.4. The minimum absolute atomic E-state index is 0.0640. The molecule has 0 aliphatic carbocycles. The largest absolute Gasteiger partial charge is 0.491 e. The fourth-order valence-corrected chi connectivity index (χ4v) is 6.59. The minimum atomic E-state index is -0.0640. The van der Waals surface area contributed by atoms with Crippen LogP contribution in [0.15, 0.2) is 46.9 Å². The number of fused-ring (bicyclic) bond motifs is 1. The van der Waals surface area contributed by atoms with E-state index in [4.69, 9.17) is 13.9 Å². The molecule has 0 radical (unpaired) electrons. The number of alkyl halides is 2. The molecular weight excluding hydrogens is 718 g/mol. The number of nitrogens with zero attached hydrogens (tertiary/aromatic N) is 2. The van der Waals surface area contributed by atoms with E-state index >= 15 is 0 Å². The Balaban J connectivity index is 1.97.